The van der Waals surface area contributed by atoms with Crippen molar-refractivity contribution >= 4 is 16.3 Å². The lowest BCUT2D eigenvalue weighted by Crippen LogP contribution is -1.83. The second kappa shape index (κ2) is 3.17. The van der Waals surface area contributed by atoms with Gasteiger partial charge in [0.25, 0.3) is 0 Å². The molecule has 0 N–H and O–H groups in total. The van der Waals surface area contributed by atoms with Crippen molar-refractivity contribution in [2.75, 3.05) is 0 Å². The van der Waals surface area contributed by atoms with Gasteiger partial charge in [-0.25, -0.2) is 4.98 Å². The lowest BCUT2D eigenvalue weighted by atomic mass is 10.2. The van der Waals surface area contributed by atoms with Gasteiger partial charge in [0, 0.05) is 24.0 Å². The van der Waals surface area contributed by atoms with E-state index in [2.05, 4.69) is 16.0 Å². The number of pyridine rings is 1. The van der Waals surface area contributed by atoms with Crippen LogP contribution < -0.4 is 0 Å². The lowest BCUT2D eigenvalue weighted by molar-refractivity contribution is 1.23. The molecule has 3 aromatic heterocycles. The van der Waals surface area contributed by atoms with Crippen LogP contribution in [0.5, 0.6) is 0 Å². The first-order valence-corrected chi connectivity index (χ1v) is 5.56. The molecule has 0 saturated heterocycles. The lowest BCUT2D eigenvalue weighted by Gasteiger charge is -1.95. The van der Waals surface area contributed by atoms with Crippen LogP contribution in [0.4, 0.5) is 0 Å². The van der Waals surface area contributed by atoms with Crippen molar-refractivity contribution in [2.24, 2.45) is 0 Å². The minimum absolute atomic E-state index is 0.927. The monoisotopic (exact) mass is 215 g/mol. The molecule has 0 amide bonds. The van der Waals surface area contributed by atoms with Gasteiger partial charge < -0.3 is 0 Å². The maximum Gasteiger partial charge on any atom is 0.194 e. The van der Waals surface area contributed by atoms with E-state index >= 15 is 0 Å². The molecule has 15 heavy (non-hydrogen) atoms. The Bertz CT molecular complexity index is 563. The number of thiazole rings is 1. The second-order valence-corrected chi connectivity index (χ2v) is 4.31. The van der Waals surface area contributed by atoms with Crippen LogP contribution in [0.2, 0.25) is 0 Å². The minimum Gasteiger partial charge on any atom is -0.297 e. The standard InChI is InChI=1S/C11H9N3S/c1-8-2-3-9(12-6-8)10-7-14-4-5-15-11(14)13-10/h2-7H,1H3. The Morgan fingerprint density at radius 3 is 2.93 bits per heavy atom. The Kier molecular flexibility index (Phi) is 1.82. The molecule has 0 aliphatic rings. The number of aromatic nitrogens is 3. The Labute approximate surface area is 91.1 Å². The first kappa shape index (κ1) is 8.61. The molecule has 3 nitrogen and oxygen atoms in total. The fourth-order valence-corrected chi connectivity index (χ4v) is 2.17. The van der Waals surface area contributed by atoms with Gasteiger partial charge in [-0.05, 0) is 18.6 Å². The van der Waals surface area contributed by atoms with Gasteiger partial charge in [-0.2, -0.15) is 0 Å². The van der Waals surface area contributed by atoms with Crippen molar-refractivity contribution in [2.45, 2.75) is 6.92 Å². The molecule has 0 fully saturated rings. The molecular weight excluding hydrogens is 206 g/mol. The van der Waals surface area contributed by atoms with Crippen LogP contribution in [-0.2, 0) is 0 Å². The highest BCUT2D eigenvalue weighted by Gasteiger charge is 2.05. The van der Waals surface area contributed by atoms with Crippen LogP contribution >= 0.6 is 11.3 Å². The molecule has 74 valence electrons. The Hall–Kier alpha value is -1.68. The van der Waals surface area contributed by atoms with E-state index in [0.29, 0.717) is 0 Å². The summed E-state index contributed by atoms with van der Waals surface area (Å²) in [7, 11) is 0. The van der Waals surface area contributed by atoms with Crippen LogP contribution in [0.25, 0.3) is 16.3 Å². The number of rotatable bonds is 1. The maximum absolute atomic E-state index is 4.49. The molecule has 3 heterocycles. The Morgan fingerprint density at radius 2 is 2.20 bits per heavy atom. The average molecular weight is 215 g/mol. The fraction of sp³-hybridized carbons (Fsp3) is 0.0909. The van der Waals surface area contributed by atoms with E-state index in [1.807, 2.05) is 41.4 Å². The van der Waals surface area contributed by atoms with E-state index in [1.165, 1.54) is 5.56 Å². The summed E-state index contributed by atoms with van der Waals surface area (Å²) >= 11 is 1.63. The van der Waals surface area contributed by atoms with Gasteiger partial charge in [0.05, 0.1) is 5.69 Å². The van der Waals surface area contributed by atoms with Crippen LogP contribution in [0.15, 0.2) is 36.1 Å². The highest BCUT2D eigenvalue weighted by atomic mass is 32.1. The summed E-state index contributed by atoms with van der Waals surface area (Å²) in [6, 6.07) is 4.05. The van der Waals surface area contributed by atoms with Crippen LogP contribution in [0.3, 0.4) is 0 Å². The highest BCUT2D eigenvalue weighted by Crippen LogP contribution is 2.19. The van der Waals surface area contributed by atoms with E-state index < -0.39 is 0 Å². The maximum atomic E-state index is 4.49. The largest absolute Gasteiger partial charge is 0.297 e. The molecule has 0 aliphatic heterocycles. The zero-order valence-corrected chi connectivity index (χ0v) is 9.03. The Morgan fingerprint density at radius 1 is 1.27 bits per heavy atom. The summed E-state index contributed by atoms with van der Waals surface area (Å²) in [6.07, 6.45) is 5.87. The predicted octanol–water partition coefficient (Wildman–Crippen LogP) is 2.77. The molecule has 0 unspecified atom stereocenters. The molecule has 0 radical (unpaired) electrons. The van der Waals surface area contributed by atoms with Crippen molar-refractivity contribution in [3.63, 3.8) is 0 Å². The molecule has 3 rings (SSSR count). The Balaban J connectivity index is 2.13. The third kappa shape index (κ3) is 1.43. The van der Waals surface area contributed by atoms with Crippen LogP contribution in [0, 0.1) is 6.92 Å². The quantitative estimate of drug-likeness (QED) is 0.624. The molecular formula is C11H9N3S. The zero-order valence-electron chi connectivity index (χ0n) is 8.21. The number of imidazole rings is 1. The van der Waals surface area contributed by atoms with E-state index in [1.54, 1.807) is 11.3 Å². The van der Waals surface area contributed by atoms with Gasteiger partial charge in [0.2, 0.25) is 0 Å². The smallest absolute Gasteiger partial charge is 0.194 e. The van der Waals surface area contributed by atoms with E-state index in [-0.39, 0.29) is 0 Å². The molecule has 0 bridgehead atoms. The van der Waals surface area contributed by atoms with Crippen molar-refractivity contribution in [1.82, 2.24) is 14.4 Å². The van der Waals surface area contributed by atoms with E-state index in [4.69, 9.17) is 0 Å². The number of nitrogens with zero attached hydrogens (tertiary/aromatic N) is 3. The van der Waals surface area contributed by atoms with Crippen LogP contribution in [-0.4, -0.2) is 14.4 Å². The number of hydrogen-bond donors (Lipinski definition) is 0. The van der Waals surface area contributed by atoms with Crippen LogP contribution in [0.1, 0.15) is 5.56 Å². The van der Waals surface area contributed by atoms with Gasteiger partial charge in [-0.15, -0.1) is 11.3 Å². The normalized spacial score (nSPS) is 11.0. The van der Waals surface area contributed by atoms with Crippen molar-refractivity contribution in [3.05, 3.63) is 41.7 Å². The first-order chi connectivity index (χ1) is 7.33. The number of aryl methyl sites for hydroxylation is 1. The summed E-state index contributed by atoms with van der Waals surface area (Å²) < 4.78 is 2.02. The first-order valence-electron chi connectivity index (χ1n) is 4.68. The van der Waals surface area contributed by atoms with E-state index in [9.17, 15) is 0 Å². The third-order valence-electron chi connectivity index (χ3n) is 2.27. The minimum atomic E-state index is 0.927. The molecule has 0 spiro atoms. The number of hydrogen-bond acceptors (Lipinski definition) is 3. The van der Waals surface area contributed by atoms with Gasteiger partial charge in [0.1, 0.15) is 5.69 Å². The summed E-state index contributed by atoms with van der Waals surface area (Å²) in [4.78, 5) is 9.85. The molecule has 4 heteroatoms. The summed E-state index contributed by atoms with van der Waals surface area (Å²) in [5.74, 6) is 0. The van der Waals surface area contributed by atoms with Gasteiger partial charge in [0.15, 0.2) is 4.96 Å². The molecule has 0 saturated carbocycles. The number of fused-ring (bicyclic) bond motifs is 1. The fourth-order valence-electron chi connectivity index (χ4n) is 1.47. The SMILES string of the molecule is Cc1ccc(-c2cn3ccsc3n2)nc1. The molecule has 3 aromatic rings. The molecule has 0 aromatic carbocycles. The van der Waals surface area contributed by atoms with Crippen molar-refractivity contribution in [3.8, 4) is 11.4 Å². The van der Waals surface area contributed by atoms with Crippen molar-refractivity contribution < 1.29 is 0 Å². The summed E-state index contributed by atoms with van der Waals surface area (Å²) in [5, 5.41) is 2.02. The second-order valence-electron chi connectivity index (χ2n) is 3.44. The summed E-state index contributed by atoms with van der Waals surface area (Å²) in [6.45, 7) is 2.03. The third-order valence-corrected chi connectivity index (χ3v) is 3.04. The zero-order chi connectivity index (χ0) is 10.3. The predicted molar refractivity (Wildman–Crippen MR) is 61.0 cm³/mol. The van der Waals surface area contributed by atoms with Crippen molar-refractivity contribution in [1.29, 1.82) is 0 Å². The highest BCUT2D eigenvalue weighted by molar-refractivity contribution is 7.15. The summed E-state index contributed by atoms with van der Waals surface area (Å²) in [5.41, 5.74) is 3.03. The van der Waals surface area contributed by atoms with Gasteiger partial charge in [-0.1, -0.05) is 6.07 Å². The van der Waals surface area contributed by atoms with Gasteiger partial charge >= 0.3 is 0 Å². The molecule has 0 atom stereocenters. The average Bonchev–Trinajstić information content (AvgIpc) is 2.78. The van der Waals surface area contributed by atoms with E-state index in [0.717, 1.165) is 16.3 Å². The van der Waals surface area contributed by atoms with Gasteiger partial charge in [-0.3, -0.25) is 9.38 Å². The molecule has 0 aliphatic carbocycles. The topological polar surface area (TPSA) is 30.2 Å².